The maximum absolute atomic E-state index is 13.5. The number of nitrogens with zero attached hydrogens (tertiary/aromatic N) is 4. The first-order chi connectivity index (χ1) is 32.2. The Kier molecular flexibility index (Phi) is 14.7. The fraction of sp³-hybridized carbons (Fsp3) is 0.725. The molecule has 8 aliphatic carbocycles. The van der Waals surface area contributed by atoms with Gasteiger partial charge in [-0.15, -0.1) is 23.5 Å². The van der Waals surface area contributed by atoms with Gasteiger partial charge in [0.25, 0.3) is 11.8 Å². The fourth-order valence-corrected chi connectivity index (χ4v) is 15.9. The smallest absolute Gasteiger partial charge is 0.306 e. The van der Waals surface area contributed by atoms with Gasteiger partial charge in [0.05, 0.1) is 28.2 Å². The van der Waals surface area contributed by atoms with Crippen LogP contribution < -0.4 is 20.4 Å². The Morgan fingerprint density at radius 3 is 1.54 bits per heavy atom. The highest BCUT2D eigenvalue weighted by Crippen LogP contribution is 2.57. The number of carboxylic acid groups (broad SMARTS) is 2. The molecular formula is C51H72N6O8S2. The summed E-state index contributed by atoms with van der Waals surface area (Å²) in [5, 5.41) is 48.4. The predicted octanol–water partition coefficient (Wildman–Crippen LogP) is 7.50. The van der Waals surface area contributed by atoms with Gasteiger partial charge in [-0.2, -0.15) is 0 Å². The third-order valence-electron chi connectivity index (χ3n) is 16.6. The van der Waals surface area contributed by atoms with E-state index in [-0.39, 0.29) is 42.2 Å². The van der Waals surface area contributed by atoms with Gasteiger partial charge in [0.1, 0.15) is 21.7 Å². The van der Waals surface area contributed by atoms with Gasteiger partial charge in [-0.3, -0.25) is 19.2 Å². The average Bonchev–Trinajstić information content (AvgIpc) is 3.28. The molecule has 0 spiro atoms. The van der Waals surface area contributed by atoms with E-state index in [1.807, 2.05) is 24.3 Å². The summed E-state index contributed by atoms with van der Waals surface area (Å²) in [6.07, 6.45) is 14.9. The van der Waals surface area contributed by atoms with E-state index >= 15 is 0 Å². The first kappa shape index (κ1) is 48.4. The second kappa shape index (κ2) is 20.4. The molecule has 2 amide bonds. The van der Waals surface area contributed by atoms with E-state index in [0.717, 1.165) is 130 Å². The first-order valence-corrected chi connectivity index (χ1v) is 27.4. The molecule has 10 fully saturated rings. The Hall–Kier alpha value is -3.60. The Morgan fingerprint density at radius 2 is 1.12 bits per heavy atom. The number of aromatic nitrogens is 2. The highest BCUT2D eigenvalue weighted by atomic mass is 32.2. The summed E-state index contributed by atoms with van der Waals surface area (Å²) in [7, 11) is 0. The Bertz CT molecular complexity index is 2120. The number of piperidine rings is 2. The van der Waals surface area contributed by atoms with Crippen molar-refractivity contribution >= 4 is 58.9 Å². The molecule has 6 N–H and O–H groups in total. The number of anilines is 2. The maximum atomic E-state index is 13.5. The monoisotopic (exact) mass is 960 g/mol. The number of nitrogens with one attached hydrogen (secondary N) is 2. The summed E-state index contributed by atoms with van der Waals surface area (Å²) < 4.78 is 0. The molecule has 8 saturated carbocycles. The molecule has 5 atom stereocenters. The molecule has 4 unspecified atom stereocenters. The summed E-state index contributed by atoms with van der Waals surface area (Å²) in [5.41, 5.74) is 0.256. The number of aliphatic hydroxyl groups is 2. The number of carbonyl (C=O) groups is 4. The van der Waals surface area contributed by atoms with Crippen LogP contribution in [0, 0.1) is 47.3 Å². The molecule has 8 bridgehead atoms. The maximum Gasteiger partial charge on any atom is 0.306 e. The van der Waals surface area contributed by atoms with Gasteiger partial charge in [-0.1, -0.05) is 13.8 Å². The van der Waals surface area contributed by atoms with Crippen LogP contribution >= 0.6 is 23.5 Å². The van der Waals surface area contributed by atoms with Crippen LogP contribution in [0.25, 0.3) is 0 Å². The third-order valence-corrected chi connectivity index (χ3v) is 19.0. The molecule has 14 nitrogen and oxygen atoms in total. The van der Waals surface area contributed by atoms with Gasteiger partial charge in [-0.25, -0.2) is 9.97 Å². The molecule has 0 aromatic carbocycles. The van der Waals surface area contributed by atoms with E-state index < -0.39 is 23.1 Å². The number of rotatable bonds is 15. The summed E-state index contributed by atoms with van der Waals surface area (Å²) in [6, 6.07) is 7.92. The van der Waals surface area contributed by atoms with E-state index in [1.54, 1.807) is 23.5 Å². The number of hydrogen-bond donors (Lipinski definition) is 6. The van der Waals surface area contributed by atoms with Crippen LogP contribution in [0.5, 0.6) is 0 Å². The molecule has 0 radical (unpaired) electrons. The fourth-order valence-electron chi connectivity index (χ4n) is 14.1. The van der Waals surface area contributed by atoms with Crippen molar-refractivity contribution < 1.29 is 39.6 Å². The van der Waals surface area contributed by atoms with Crippen LogP contribution in [0.1, 0.15) is 144 Å². The van der Waals surface area contributed by atoms with E-state index in [2.05, 4.69) is 34.3 Å². The van der Waals surface area contributed by atoms with Gasteiger partial charge >= 0.3 is 11.9 Å². The molecule has 10 aliphatic rings. The van der Waals surface area contributed by atoms with Crippen molar-refractivity contribution in [2.75, 3.05) is 47.5 Å². The van der Waals surface area contributed by atoms with Crippen molar-refractivity contribution in [3.8, 4) is 0 Å². The van der Waals surface area contributed by atoms with E-state index in [0.29, 0.717) is 79.1 Å². The summed E-state index contributed by atoms with van der Waals surface area (Å²) in [4.78, 5) is 63.4. The van der Waals surface area contributed by atoms with Crippen LogP contribution in [0.3, 0.4) is 0 Å². The summed E-state index contributed by atoms with van der Waals surface area (Å²) in [5.74, 6) is 4.45. The molecule has 16 heteroatoms. The molecule has 67 heavy (non-hydrogen) atoms. The molecule has 2 aromatic heterocycles. The minimum absolute atomic E-state index is 0.0514. The van der Waals surface area contributed by atoms with Crippen LogP contribution in [-0.2, 0) is 9.59 Å². The van der Waals surface area contributed by atoms with Crippen molar-refractivity contribution in [1.82, 2.24) is 20.6 Å². The summed E-state index contributed by atoms with van der Waals surface area (Å²) >= 11 is 3.24. The largest absolute Gasteiger partial charge is 0.481 e. The van der Waals surface area contributed by atoms with Crippen LogP contribution in [0.2, 0.25) is 0 Å². The SMILES string of the molecule is CCCSc1nc(N2CCC(C(=O)O)CC2)ccc1C(=O)NC1C2CC3CC1CC(O)(C3)C2.CCCSc1nc(N2CCC[C@H](CC(=O)O)C2)ccc1C(=O)NC1C2CC3CC1CC(O)(C3)C2. The molecule has 12 rings (SSSR count). The summed E-state index contributed by atoms with van der Waals surface area (Å²) in [6.45, 7) is 7.13. The highest BCUT2D eigenvalue weighted by molar-refractivity contribution is 7.99. The standard InChI is InChI=1S/C26H37N3O4S.C25H35N3O4S/c1-2-8-34-25-20(5-6-21(27-25)29-7-3-4-16(15-29)11-22(30)31)24(32)28-23-18-9-17-10-19(23)14-26(33,12-17)13-18;1-2-9-33-23-19(3-4-20(26-23)28-7-5-16(6-8-28)24(30)31)22(29)27-21-17-10-15-11-18(21)14-25(32,12-15)13-17/h5-6,16-19,23,33H,2-4,7-15H2,1H3,(H,28,32)(H,30,31);3-4,15-18,21,32H,2,5-14H2,1H3,(H,27,29)(H,30,31)/t16-,17?,18?,19?,23?,26?;/m1./s1. The number of thioether (sulfide) groups is 2. The minimum atomic E-state index is -0.747. The van der Waals surface area contributed by atoms with Crippen molar-refractivity contribution in [3.63, 3.8) is 0 Å². The minimum Gasteiger partial charge on any atom is -0.481 e. The molecule has 2 aromatic rings. The lowest BCUT2D eigenvalue weighted by Gasteiger charge is -2.58. The van der Waals surface area contributed by atoms with Gasteiger partial charge in [-0.05, 0) is 180 Å². The zero-order chi connectivity index (χ0) is 47.0. The quantitative estimate of drug-likeness (QED) is 0.0958. The van der Waals surface area contributed by atoms with Gasteiger partial charge in [0.2, 0.25) is 0 Å². The lowest BCUT2D eigenvalue weighted by molar-refractivity contribution is -0.142. The second-order valence-electron chi connectivity index (χ2n) is 21.8. The highest BCUT2D eigenvalue weighted by Gasteiger charge is 2.56. The third kappa shape index (κ3) is 10.9. The Balaban J connectivity index is 0.000000168. The number of pyridine rings is 2. The van der Waals surface area contributed by atoms with Crippen LogP contribution in [-0.4, -0.2) is 115 Å². The van der Waals surface area contributed by atoms with Crippen molar-refractivity contribution in [2.24, 2.45) is 47.3 Å². The first-order valence-electron chi connectivity index (χ1n) is 25.5. The van der Waals surface area contributed by atoms with Gasteiger partial charge < -0.3 is 40.9 Å². The number of hydrogen-bond acceptors (Lipinski definition) is 12. The van der Waals surface area contributed by atoms with E-state index in [9.17, 15) is 39.6 Å². The zero-order valence-corrected chi connectivity index (χ0v) is 41.0. The second-order valence-corrected chi connectivity index (χ2v) is 23.9. The Labute approximate surface area is 404 Å². The Morgan fingerprint density at radius 1 is 0.657 bits per heavy atom. The topological polar surface area (TPSA) is 206 Å². The van der Waals surface area contributed by atoms with Crippen LogP contribution in [0.15, 0.2) is 34.3 Å². The number of carboxylic acids is 2. The van der Waals surface area contributed by atoms with E-state index in [4.69, 9.17) is 9.97 Å². The van der Waals surface area contributed by atoms with Crippen molar-refractivity contribution in [3.05, 3.63) is 35.4 Å². The van der Waals surface area contributed by atoms with Gasteiger partial charge in [0, 0.05) is 44.7 Å². The average molecular weight is 961 g/mol. The number of aliphatic carboxylic acids is 2. The number of carbonyl (C=O) groups excluding carboxylic acids is 2. The lowest BCUT2D eigenvalue weighted by atomic mass is 9.52. The molecule has 2 aliphatic heterocycles. The molecular weight excluding hydrogens is 889 g/mol. The van der Waals surface area contributed by atoms with Gasteiger partial charge in [0.15, 0.2) is 0 Å². The molecule has 2 saturated heterocycles. The normalized spacial score (nSPS) is 33.8. The van der Waals surface area contributed by atoms with Crippen LogP contribution in [0.4, 0.5) is 11.6 Å². The zero-order valence-electron chi connectivity index (χ0n) is 39.4. The molecule has 366 valence electrons. The molecule has 4 heterocycles. The predicted molar refractivity (Wildman–Crippen MR) is 260 cm³/mol. The van der Waals surface area contributed by atoms with Crippen molar-refractivity contribution in [2.45, 2.75) is 156 Å². The number of amides is 2. The lowest BCUT2D eigenvalue weighted by Crippen LogP contribution is -2.61. The van der Waals surface area contributed by atoms with Crippen molar-refractivity contribution in [1.29, 1.82) is 0 Å². The van der Waals surface area contributed by atoms with E-state index in [1.165, 1.54) is 0 Å².